The monoisotopic (exact) mass is 242 g/mol. The van der Waals surface area contributed by atoms with Gasteiger partial charge in [0.05, 0.1) is 6.54 Å². The van der Waals surface area contributed by atoms with Crippen LogP contribution < -0.4 is 5.32 Å². The molecule has 1 aliphatic heterocycles. The highest BCUT2D eigenvalue weighted by molar-refractivity contribution is 5.78. The maximum absolute atomic E-state index is 11.5. The van der Waals surface area contributed by atoms with E-state index in [0.717, 1.165) is 25.8 Å². The lowest BCUT2D eigenvalue weighted by atomic mass is 9.98. The minimum atomic E-state index is -0.756. The van der Waals surface area contributed by atoms with Gasteiger partial charge in [-0.05, 0) is 32.7 Å². The van der Waals surface area contributed by atoms with E-state index >= 15 is 0 Å². The largest absolute Gasteiger partial charge is 0.481 e. The van der Waals surface area contributed by atoms with Crippen molar-refractivity contribution in [1.29, 1.82) is 0 Å². The van der Waals surface area contributed by atoms with Crippen LogP contribution in [-0.4, -0.2) is 47.6 Å². The summed E-state index contributed by atoms with van der Waals surface area (Å²) in [6.07, 6.45) is 4.08. The number of carbonyl (C=O) groups is 2. The predicted molar refractivity (Wildman–Crippen MR) is 64.8 cm³/mol. The van der Waals surface area contributed by atoms with Crippen molar-refractivity contribution in [2.45, 2.75) is 45.1 Å². The number of aliphatic carboxylic acids is 1. The number of amides is 1. The first kappa shape index (κ1) is 14.0. The van der Waals surface area contributed by atoms with Crippen LogP contribution in [0.1, 0.15) is 39.0 Å². The zero-order valence-electron chi connectivity index (χ0n) is 10.4. The third kappa shape index (κ3) is 5.17. The molecule has 1 amide bonds. The summed E-state index contributed by atoms with van der Waals surface area (Å²) in [4.78, 5) is 24.2. The van der Waals surface area contributed by atoms with Gasteiger partial charge in [-0.15, -0.1) is 0 Å². The van der Waals surface area contributed by atoms with E-state index in [9.17, 15) is 9.59 Å². The summed E-state index contributed by atoms with van der Waals surface area (Å²) < 4.78 is 0. The molecule has 1 heterocycles. The number of carboxylic acids is 1. The van der Waals surface area contributed by atoms with Gasteiger partial charge in [-0.25, -0.2) is 0 Å². The number of likely N-dealkylation sites (tertiary alicyclic amines) is 1. The van der Waals surface area contributed by atoms with E-state index in [1.807, 2.05) is 6.92 Å². The lowest BCUT2D eigenvalue weighted by Gasteiger charge is -2.35. The van der Waals surface area contributed by atoms with Gasteiger partial charge in [-0.3, -0.25) is 14.5 Å². The zero-order valence-corrected chi connectivity index (χ0v) is 10.4. The Balaban J connectivity index is 2.41. The highest BCUT2D eigenvalue weighted by Crippen LogP contribution is 2.20. The molecule has 1 rings (SSSR count). The molecule has 0 aromatic rings. The molecule has 17 heavy (non-hydrogen) atoms. The smallest absolute Gasteiger partial charge is 0.303 e. The molecule has 5 nitrogen and oxygen atoms in total. The van der Waals surface area contributed by atoms with Crippen LogP contribution in [0, 0.1) is 0 Å². The third-order valence-corrected chi connectivity index (χ3v) is 3.16. The second kappa shape index (κ2) is 7.27. The molecular formula is C12H22N2O3. The van der Waals surface area contributed by atoms with Crippen molar-refractivity contribution in [3.63, 3.8) is 0 Å². The molecule has 0 aliphatic carbocycles. The number of likely N-dealkylation sites (N-methyl/N-ethyl adjacent to an activating group) is 1. The van der Waals surface area contributed by atoms with Crippen LogP contribution in [0.15, 0.2) is 0 Å². The number of hydrogen-bond acceptors (Lipinski definition) is 3. The fourth-order valence-corrected chi connectivity index (χ4v) is 2.32. The van der Waals surface area contributed by atoms with Gasteiger partial charge >= 0.3 is 5.97 Å². The number of piperidine rings is 1. The maximum atomic E-state index is 11.5. The molecule has 1 fully saturated rings. The summed E-state index contributed by atoms with van der Waals surface area (Å²) in [5, 5.41) is 11.5. The van der Waals surface area contributed by atoms with E-state index in [-0.39, 0.29) is 18.4 Å². The quantitative estimate of drug-likeness (QED) is 0.724. The van der Waals surface area contributed by atoms with Gasteiger partial charge in [0.2, 0.25) is 5.91 Å². The molecule has 1 aliphatic rings. The number of carboxylic acid groups (broad SMARTS) is 1. The average Bonchev–Trinajstić information content (AvgIpc) is 2.28. The van der Waals surface area contributed by atoms with Gasteiger partial charge in [-0.1, -0.05) is 6.42 Å². The van der Waals surface area contributed by atoms with E-state index in [1.165, 1.54) is 0 Å². The third-order valence-electron chi connectivity index (χ3n) is 3.16. The van der Waals surface area contributed by atoms with Crippen LogP contribution in [0.2, 0.25) is 0 Å². The first-order valence-corrected chi connectivity index (χ1v) is 6.36. The average molecular weight is 242 g/mol. The first-order chi connectivity index (χ1) is 8.13. The summed E-state index contributed by atoms with van der Waals surface area (Å²) in [5.41, 5.74) is 0. The predicted octanol–water partition coefficient (Wildman–Crippen LogP) is 0.842. The molecule has 0 aromatic carbocycles. The van der Waals surface area contributed by atoms with Gasteiger partial charge in [0, 0.05) is 19.0 Å². The molecule has 0 radical (unpaired) electrons. The molecule has 2 N–H and O–H groups in total. The Morgan fingerprint density at radius 2 is 2.18 bits per heavy atom. The number of carbonyl (C=O) groups excluding carboxylic acids is 1. The molecule has 0 bridgehead atoms. The van der Waals surface area contributed by atoms with Crippen molar-refractivity contribution in [3.8, 4) is 0 Å². The molecule has 0 saturated carbocycles. The van der Waals surface area contributed by atoms with Gasteiger partial charge in [0.15, 0.2) is 0 Å². The summed E-state index contributed by atoms with van der Waals surface area (Å²) >= 11 is 0. The number of hydrogen-bond donors (Lipinski definition) is 2. The minimum absolute atomic E-state index is 0.0368. The van der Waals surface area contributed by atoms with Gasteiger partial charge in [0.1, 0.15) is 0 Å². The van der Waals surface area contributed by atoms with Crippen molar-refractivity contribution in [1.82, 2.24) is 10.2 Å². The maximum Gasteiger partial charge on any atom is 0.303 e. The number of nitrogens with zero attached hydrogens (tertiary/aromatic N) is 1. The van der Waals surface area contributed by atoms with Crippen molar-refractivity contribution in [2.24, 2.45) is 0 Å². The van der Waals surface area contributed by atoms with E-state index < -0.39 is 5.97 Å². The van der Waals surface area contributed by atoms with E-state index in [4.69, 9.17) is 5.11 Å². The van der Waals surface area contributed by atoms with Crippen molar-refractivity contribution in [2.75, 3.05) is 19.6 Å². The van der Waals surface area contributed by atoms with Crippen LogP contribution in [0.3, 0.4) is 0 Å². The van der Waals surface area contributed by atoms with E-state index in [1.54, 1.807) is 0 Å². The Kier molecular flexibility index (Phi) is 5.97. The molecule has 0 aromatic heterocycles. The molecule has 1 saturated heterocycles. The molecule has 0 spiro atoms. The lowest BCUT2D eigenvalue weighted by Crippen LogP contribution is -2.45. The zero-order chi connectivity index (χ0) is 12.7. The normalized spacial score (nSPS) is 21.1. The summed E-state index contributed by atoms with van der Waals surface area (Å²) in [5.74, 6) is -0.719. The van der Waals surface area contributed by atoms with E-state index in [2.05, 4.69) is 10.2 Å². The van der Waals surface area contributed by atoms with Gasteiger partial charge < -0.3 is 10.4 Å². The Labute approximate surface area is 102 Å². The van der Waals surface area contributed by atoms with Crippen LogP contribution in [0.4, 0.5) is 0 Å². The van der Waals surface area contributed by atoms with Gasteiger partial charge in [0.25, 0.3) is 0 Å². The van der Waals surface area contributed by atoms with Crippen LogP contribution >= 0.6 is 0 Å². The Morgan fingerprint density at radius 1 is 1.41 bits per heavy atom. The summed E-state index contributed by atoms with van der Waals surface area (Å²) in [6, 6.07) is 0.252. The van der Waals surface area contributed by atoms with E-state index in [0.29, 0.717) is 19.5 Å². The Bertz CT molecular complexity index is 268. The van der Waals surface area contributed by atoms with Crippen molar-refractivity contribution in [3.05, 3.63) is 0 Å². The Hall–Kier alpha value is -1.10. The molecule has 5 heteroatoms. The molecule has 1 atom stereocenters. The second-order valence-corrected chi connectivity index (χ2v) is 4.51. The van der Waals surface area contributed by atoms with Crippen LogP contribution in [-0.2, 0) is 9.59 Å². The molecular weight excluding hydrogens is 220 g/mol. The molecule has 98 valence electrons. The SMILES string of the molecule is CCNC(=O)CN1CCCCC1CCC(=O)O. The Morgan fingerprint density at radius 3 is 2.82 bits per heavy atom. The summed E-state index contributed by atoms with van der Waals surface area (Å²) in [7, 11) is 0. The number of rotatable bonds is 6. The summed E-state index contributed by atoms with van der Waals surface area (Å²) in [6.45, 7) is 3.85. The minimum Gasteiger partial charge on any atom is -0.481 e. The second-order valence-electron chi connectivity index (χ2n) is 4.51. The van der Waals surface area contributed by atoms with Crippen molar-refractivity contribution >= 4 is 11.9 Å². The van der Waals surface area contributed by atoms with Gasteiger partial charge in [-0.2, -0.15) is 0 Å². The fraction of sp³-hybridized carbons (Fsp3) is 0.833. The topological polar surface area (TPSA) is 69.6 Å². The molecule has 1 unspecified atom stereocenters. The van der Waals surface area contributed by atoms with Crippen LogP contribution in [0.5, 0.6) is 0 Å². The highest BCUT2D eigenvalue weighted by atomic mass is 16.4. The van der Waals surface area contributed by atoms with Crippen molar-refractivity contribution < 1.29 is 14.7 Å². The lowest BCUT2D eigenvalue weighted by molar-refractivity contribution is -0.137. The standard InChI is InChI=1S/C12H22N2O3/c1-2-13-11(15)9-14-8-4-3-5-10(14)6-7-12(16)17/h10H,2-9H2,1H3,(H,13,15)(H,16,17). The van der Waals surface area contributed by atoms with Crippen LogP contribution in [0.25, 0.3) is 0 Å². The number of nitrogens with one attached hydrogen (secondary N) is 1. The highest BCUT2D eigenvalue weighted by Gasteiger charge is 2.24. The fourth-order valence-electron chi connectivity index (χ4n) is 2.32. The first-order valence-electron chi connectivity index (χ1n) is 6.36.